The van der Waals surface area contributed by atoms with Crippen LogP contribution in [0.5, 0.6) is 0 Å². The number of hydrogen-bond acceptors (Lipinski definition) is 3. The molecule has 1 aliphatic rings. The van der Waals surface area contributed by atoms with Gasteiger partial charge in [-0.3, -0.25) is 9.59 Å². The van der Waals surface area contributed by atoms with Gasteiger partial charge in [-0.2, -0.15) is 0 Å². The molecule has 0 radical (unpaired) electrons. The normalized spacial score (nSPS) is 13.8. The molecular weight excluding hydrogens is 268 g/mol. The van der Waals surface area contributed by atoms with E-state index in [1.807, 2.05) is 43.3 Å². The van der Waals surface area contributed by atoms with E-state index in [1.165, 1.54) is 4.90 Å². The Morgan fingerprint density at radius 3 is 2.29 bits per heavy atom. The topological polar surface area (TPSA) is 60.9 Å². The highest BCUT2D eigenvalue weighted by atomic mass is 16.4. The molecule has 1 fully saturated rings. The molecule has 0 saturated heterocycles. The zero-order chi connectivity index (χ0) is 15.4. The first-order chi connectivity index (χ1) is 9.97. The Labute approximate surface area is 125 Å². The van der Waals surface area contributed by atoms with E-state index in [0.29, 0.717) is 12.8 Å². The highest BCUT2D eigenvalue weighted by Crippen LogP contribution is 2.27. The van der Waals surface area contributed by atoms with Gasteiger partial charge in [-0.1, -0.05) is 12.1 Å². The number of aryl methyl sites for hydroxylation is 1. The number of anilines is 1. The largest absolute Gasteiger partial charge is 0.480 e. The molecule has 1 aromatic carbocycles. The number of benzene rings is 1. The standard InChI is InChI=1S/C16H22N2O3/c1-17(2)13-6-3-12(4-7-13)5-10-15(19)18(11-16(20)21)14-8-9-14/h3-4,6-7,14H,5,8-11H2,1-2H3,(H,20,21). The van der Waals surface area contributed by atoms with Gasteiger partial charge in [-0.25, -0.2) is 0 Å². The first-order valence-electron chi connectivity index (χ1n) is 7.25. The molecule has 1 amide bonds. The number of carboxylic acids is 1. The molecule has 1 aliphatic carbocycles. The fourth-order valence-corrected chi connectivity index (χ4v) is 2.31. The number of carboxylic acid groups (broad SMARTS) is 1. The molecule has 0 atom stereocenters. The summed E-state index contributed by atoms with van der Waals surface area (Å²) in [6.45, 7) is -0.178. The predicted molar refractivity (Wildman–Crippen MR) is 81.5 cm³/mol. The average molecular weight is 290 g/mol. The molecule has 1 N–H and O–H groups in total. The summed E-state index contributed by atoms with van der Waals surface area (Å²) < 4.78 is 0. The minimum Gasteiger partial charge on any atom is -0.480 e. The summed E-state index contributed by atoms with van der Waals surface area (Å²) >= 11 is 0. The summed E-state index contributed by atoms with van der Waals surface area (Å²) in [5, 5.41) is 8.88. The lowest BCUT2D eigenvalue weighted by atomic mass is 10.1. The van der Waals surface area contributed by atoms with E-state index in [-0.39, 0.29) is 18.5 Å². The van der Waals surface area contributed by atoms with E-state index >= 15 is 0 Å². The van der Waals surface area contributed by atoms with Crippen molar-refractivity contribution in [1.29, 1.82) is 0 Å². The van der Waals surface area contributed by atoms with Crippen LogP contribution in [-0.4, -0.2) is 48.6 Å². The zero-order valence-electron chi connectivity index (χ0n) is 12.6. The number of rotatable bonds is 7. The molecule has 5 heteroatoms. The van der Waals surface area contributed by atoms with E-state index in [4.69, 9.17) is 5.11 Å². The van der Waals surface area contributed by atoms with Gasteiger partial charge in [0, 0.05) is 32.2 Å². The summed E-state index contributed by atoms with van der Waals surface area (Å²) in [5.41, 5.74) is 2.22. The van der Waals surface area contributed by atoms with Gasteiger partial charge in [0.05, 0.1) is 0 Å². The Kier molecular flexibility index (Phi) is 4.83. The van der Waals surface area contributed by atoms with Gasteiger partial charge in [0.1, 0.15) is 6.54 Å². The van der Waals surface area contributed by atoms with E-state index in [2.05, 4.69) is 0 Å². The van der Waals surface area contributed by atoms with E-state index in [1.54, 1.807) is 0 Å². The van der Waals surface area contributed by atoms with Crippen molar-refractivity contribution in [3.8, 4) is 0 Å². The molecule has 21 heavy (non-hydrogen) atoms. The fraction of sp³-hybridized carbons (Fsp3) is 0.500. The number of aliphatic carboxylic acids is 1. The Balaban J connectivity index is 1.88. The van der Waals surface area contributed by atoms with Gasteiger partial charge in [0.25, 0.3) is 0 Å². The van der Waals surface area contributed by atoms with Crippen molar-refractivity contribution in [3.63, 3.8) is 0 Å². The van der Waals surface area contributed by atoms with Crippen molar-refractivity contribution < 1.29 is 14.7 Å². The maximum atomic E-state index is 12.2. The van der Waals surface area contributed by atoms with Crippen LogP contribution in [0.4, 0.5) is 5.69 Å². The third kappa shape index (κ3) is 4.48. The van der Waals surface area contributed by atoms with Crippen LogP contribution in [0.25, 0.3) is 0 Å². The molecule has 1 saturated carbocycles. The summed E-state index contributed by atoms with van der Waals surface area (Å²) in [5.74, 6) is -0.998. The molecule has 0 unspecified atom stereocenters. The van der Waals surface area contributed by atoms with Crippen LogP contribution in [0.2, 0.25) is 0 Å². The van der Waals surface area contributed by atoms with Crippen molar-refractivity contribution in [1.82, 2.24) is 4.90 Å². The molecule has 0 spiro atoms. The number of hydrogen-bond donors (Lipinski definition) is 1. The maximum absolute atomic E-state index is 12.2. The van der Waals surface area contributed by atoms with E-state index < -0.39 is 5.97 Å². The lowest BCUT2D eigenvalue weighted by Crippen LogP contribution is -2.37. The summed E-state index contributed by atoms with van der Waals surface area (Å²) in [6.07, 6.45) is 2.87. The maximum Gasteiger partial charge on any atom is 0.323 e. The van der Waals surface area contributed by atoms with Crippen LogP contribution in [-0.2, 0) is 16.0 Å². The molecule has 2 rings (SSSR count). The van der Waals surface area contributed by atoms with Crippen LogP contribution in [0.3, 0.4) is 0 Å². The molecule has 0 aliphatic heterocycles. The van der Waals surface area contributed by atoms with Gasteiger partial charge in [-0.15, -0.1) is 0 Å². The van der Waals surface area contributed by atoms with Crippen molar-refractivity contribution in [2.45, 2.75) is 31.7 Å². The fourth-order valence-electron chi connectivity index (χ4n) is 2.31. The molecule has 1 aromatic rings. The monoisotopic (exact) mass is 290 g/mol. The van der Waals surface area contributed by atoms with Crippen molar-refractivity contribution in [2.75, 3.05) is 25.5 Å². The SMILES string of the molecule is CN(C)c1ccc(CCC(=O)N(CC(=O)O)C2CC2)cc1. The highest BCUT2D eigenvalue weighted by Gasteiger charge is 2.33. The lowest BCUT2D eigenvalue weighted by Gasteiger charge is -2.20. The van der Waals surface area contributed by atoms with Gasteiger partial charge in [0.15, 0.2) is 0 Å². The summed E-state index contributed by atoms with van der Waals surface area (Å²) in [6, 6.07) is 8.22. The van der Waals surface area contributed by atoms with Crippen LogP contribution in [0, 0.1) is 0 Å². The number of carbonyl (C=O) groups is 2. The number of carbonyl (C=O) groups excluding carboxylic acids is 1. The molecule has 0 heterocycles. The predicted octanol–water partition coefficient (Wildman–Crippen LogP) is 1.76. The smallest absolute Gasteiger partial charge is 0.323 e. The van der Waals surface area contributed by atoms with Crippen LogP contribution >= 0.6 is 0 Å². The number of nitrogens with zero attached hydrogens (tertiary/aromatic N) is 2. The second-order valence-corrected chi connectivity index (χ2v) is 5.71. The summed E-state index contributed by atoms with van der Waals surface area (Å²) in [7, 11) is 3.97. The first-order valence-corrected chi connectivity index (χ1v) is 7.25. The Morgan fingerprint density at radius 1 is 1.19 bits per heavy atom. The van der Waals surface area contributed by atoms with Crippen molar-refractivity contribution in [3.05, 3.63) is 29.8 Å². The quantitative estimate of drug-likeness (QED) is 0.831. The molecular formula is C16H22N2O3. The van der Waals surface area contributed by atoms with Crippen molar-refractivity contribution in [2.24, 2.45) is 0 Å². The lowest BCUT2D eigenvalue weighted by molar-refractivity contribution is -0.144. The van der Waals surface area contributed by atoms with E-state index in [9.17, 15) is 9.59 Å². The number of amides is 1. The Hall–Kier alpha value is -2.04. The van der Waals surface area contributed by atoms with E-state index in [0.717, 1.165) is 24.1 Å². The minimum atomic E-state index is -0.939. The molecule has 5 nitrogen and oxygen atoms in total. The second-order valence-electron chi connectivity index (χ2n) is 5.71. The molecule has 114 valence electrons. The third-order valence-corrected chi connectivity index (χ3v) is 3.69. The third-order valence-electron chi connectivity index (χ3n) is 3.69. The molecule has 0 aromatic heterocycles. The Bertz CT molecular complexity index is 507. The van der Waals surface area contributed by atoms with Gasteiger partial charge in [0.2, 0.25) is 5.91 Å². The molecule has 0 bridgehead atoms. The zero-order valence-corrected chi connectivity index (χ0v) is 12.6. The van der Waals surface area contributed by atoms with Gasteiger partial charge >= 0.3 is 5.97 Å². The van der Waals surface area contributed by atoms with Gasteiger partial charge in [-0.05, 0) is 37.0 Å². The van der Waals surface area contributed by atoms with Gasteiger partial charge < -0.3 is 14.9 Å². The first kappa shape index (κ1) is 15.4. The minimum absolute atomic E-state index is 0.0587. The van der Waals surface area contributed by atoms with Crippen LogP contribution in [0.15, 0.2) is 24.3 Å². The average Bonchev–Trinajstić information content (AvgIpc) is 3.27. The highest BCUT2D eigenvalue weighted by molar-refractivity contribution is 5.82. The summed E-state index contributed by atoms with van der Waals surface area (Å²) in [4.78, 5) is 26.5. The van der Waals surface area contributed by atoms with Crippen LogP contribution < -0.4 is 4.90 Å². The van der Waals surface area contributed by atoms with Crippen LogP contribution in [0.1, 0.15) is 24.8 Å². The Morgan fingerprint density at radius 2 is 1.81 bits per heavy atom. The second kappa shape index (κ2) is 6.61. The van der Waals surface area contributed by atoms with Crippen molar-refractivity contribution >= 4 is 17.6 Å².